The number of H-pyrrole nitrogens is 1. The summed E-state index contributed by atoms with van der Waals surface area (Å²) in [5.74, 6) is 0. The average molecular weight is 372 g/mol. The molecule has 1 heterocycles. The molecule has 0 aliphatic heterocycles. The highest BCUT2D eigenvalue weighted by Crippen LogP contribution is 2.40. The first kappa shape index (κ1) is 13.8. The molecule has 0 fully saturated rings. The smallest absolute Gasteiger partial charge is 0.0478 e. The average Bonchev–Trinajstić information content (AvgIpc) is 3.02. The van der Waals surface area contributed by atoms with E-state index < -0.39 is 0 Å². The minimum Gasteiger partial charge on any atom is -0.354 e. The van der Waals surface area contributed by atoms with Crippen molar-refractivity contribution in [3.8, 4) is 11.1 Å². The Morgan fingerprint density at radius 2 is 1.38 bits per heavy atom. The third-order valence-corrected chi connectivity index (χ3v) is 5.32. The molecule has 0 atom stereocenters. The van der Waals surface area contributed by atoms with E-state index in [1.54, 1.807) is 0 Å². The molecule has 0 saturated carbocycles. The Bertz CT molecular complexity index is 1200. The van der Waals surface area contributed by atoms with Gasteiger partial charge in [-0.1, -0.05) is 76.6 Å². The molecular weight excluding hydrogens is 358 g/mol. The third-order valence-electron chi connectivity index (χ3n) is 4.66. The molecule has 0 unspecified atom stereocenters. The number of halogens is 1. The van der Waals surface area contributed by atoms with Crippen LogP contribution in [0.2, 0.25) is 0 Å². The maximum absolute atomic E-state index is 3.73. The highest BCUT2D eigenvalue weighted by atomic mass is 79.9. The summed E-state index contributed by atoms with van der Waals surface area (Å²) in [6.07, 6.45) is 0. The van der Waals surface area contributed by atoms with Crippen molar-refractivity contribution in [1.29, 1.82) is 0 Å². The van der Waals surface area contributed by atoms with Crippen LogP contribution >= 0.6 is 15.9 Å². The minimum absolute atomic E-state index is 1.13. The number of hydrogen-bond acceptors (Lipinski definition) is 0. The number of aromatic nitrogens is 1. The van der Waals surface area contributed by atoms with Crippen LogP contribution in [-0.2, 0) is 0 Å². The summed E-state index contributed by atoms with van der Waals surface area (Å²) in [6.45, 7) is 0. The number of fused-ring (bicyclic) bond motifs is 5. The van der Waals surface area contributed by atoms with E-state index in [0.29, 0.717) is 0 Å². The van der Waals surface area contributed by atoms with Crippen molar-refractivity contribution < 1.29 is 0 Å². The largest absolute Gasteiger partial charge is 0.354 e. The molecule has 0 aliphatic rings. The lowest BCUT2D eigenvalue weighted by Crippen LogP contribution is -1.83. The van der Waals surface area contributed by atoms with E-state index in [1.807, 2.05) is 0 Å². The van der Waals surface area contributed by atoms with E-state index in [1.165, 1.54) is 38.2 Å². The Kier molecular flexibility index (Phi) is 3.00. The van der Waals surface area contributed by atoms with Gasteiger partial charge in [0.15, 0.2) is 0 Å². The van der Waals surface area contributed by atoms with Gasteiger partial charge in [0.25, 0.3) is 0 Å². The number of hydrogen-bond donors (Lipinski definition) is 1. The van der Waals surface area contributed by atoms with Gasteiger partial charge >= 0.3 is 0 Å². The van der Waals surface area contributed by atoms with E-state index >= 15 is 0 Å². The maximum atomic E-state index is 3.73. The second kappa shape index (κ2) is 5.22. The molecule has 4 aromatic carbocycles. The Morgan fingerprint density at radius 3 is 2.21 bits per heavy atom. The standard InChI is InChI=1S/C22H14BrN/c23-18-11-6-12-19-22(18)21-16-10-5-4-9-15(16)17(13-20(21)24-19)14-7-2-1-3-8-14/h1-13,24H. The second-order valence-electron chi connectivity index (χ2n) is 6.05. The van der Waals surface area contributed by atoms with E-state index in [0.717, 1.165) is 9.99 Å². The van der Waals surface area contributed by atoms with Gasteiger partial charge in [0.2, 0.25) is 0 Å². The first-order valence-electron chi connectivity index (χ1n) is 8.00. The molecule has 5 rings (SSSR count). The molecule has 24 heavy (non-hydrogen) atoms. The van der Waals surface area contributed by atoms with Gasteiger partial charge in [0, 0.05) is 26.3 Å². The Hall–Kier alpha value is -2.58. The van der Waals surface area contributed by atoms with E-state index in [-0.39, 0.29) is 0 Å². The zero-order valence-corrected chi connectivity index (χ0v) is 14.5. The first-order valence-corrected chi connectivity index (χ1v) is 8.79. The second-order valence-corrected chi connectivity index (χ2v) is 6.90. The number of aromatic amines is 1. The van der Waals surface area contributed by atoms with Gasteiger partial charge in [0.05, 0.1) is 0 Å². The Morgan fingerprint density at radius 1 is 0.625 bits per heavy atom. The fourth-order valence-electron chi connectivity index (χ4n) is 3.63. The van der Waals surface area contributed by atoms with Crippen LogP contribution in [0.3, 0.4) is 0 Å². The molecule has 1 N–H and O–H groups in total. The van der Waals surface area contributed by atoms with Crippen LogP contribution in [0.4, 0.5) is 0 Å². The fraction of sp³-hybridized carbons (Fsp3) is 0. The van der Waals surface area contributed by atoms with E-state index in [9.17, 15) is 0 Å². The number of rotatable bonds is 1. The predicted octanol–water partition coefficient (Wildman–Crippen LogP) is 6.90. The fourth-order valence-corrected chi connectivity index (χ4v) is 4.19. The summed E-state index contributed by atoms with van der Waals surface area (Å²) in [5, 5.41) is 5.11. The lowest BCUT2D eigenvalue weighted by atomic mass is 9.95. The van der Waals surface area contributed by atoms with Gasteiger partial charge < -0.3 is 4.98 Å². The Balaban J connectivity index is 2.03. The van der Waals surface area contributed by atoms with E-state index in [4.69, 9.17) is 0 Å². The van der Waals surface area contributed by atoms with Gasteiger partial charge in [0.1, 0.15) is 0 Å². The molecule has 0 bridgehead atoms. The topological polar surface area (TPSA) is 15.8 Å². The van der Waals surface area contributed by atoms with Crippen LogP contribution in [0, 0.1) is 0 Å². The maximum Gasteiger partial charge on any atom is 0.0478 e. The highest BCUT2D eigenvalue weighted by molar-refractivity contribution is 9.10. The molecular formula is C22H14BrN. The predicted molar refractivity (Wildman–Crippen MR) is 106 cm³/mol. The van der Waals surface area contributed by atoms with Crippen molar-refractivity contribution in [2.45, 2.75) is 0 Å². The Labute approximate surface area is 148 Å². The molecule has 1 aromatic heterocycles. The van der Waals surface area contributed by atoms with E-state index in [2.05, 4.69) is 99.8 Å². The van der Waals surface area contributed by atoms with Crippen molar-refractivity contribution in [3.05, 3.63) is 83.3 Å². The number of nitrogens with one attached hydrogen (secondary N) is 1. The highest BCUT2D eigenvalue weighted by Gasteiger charge is 2.14. The van der Waals surface area contributed by atoms with Crippen LogP contribution < -0.4 is 0 Å². The van der Waals surface area contributed by atoms with Crippen LogP contribution in [0.5, 0.6) is 0 Å². The molecule has 0 spiro atoms. The summed E-state index contributed by atoms with van der Waals surface area (Å²) in [4.78, 5) is 3.59. The monoisotopic (exact) mass is 371 g/mol. The molecule has 0 aliphatic carbocycles. The summed E-state index contributed by atoms with van der Waals surface area (Å²) in [5.41, 5.74) is 4.85. The van der Waals surface area contributed by atoms with Crippen molar-refractivity contribution in [2.75, 3.05) is 0 Å². The number of benzene rings is 4. The summed E-state index contributed by atoms with van der Waals surface area (Å²) < 4.78 is 1.13. The van der Waals surface area contributed by atoms with Crippen molar-refractivity contribution in [1.82, 2.24) is 4.98 Å². The van der Waals surface area contributed by atoms with Gasteiger partial charge in [-0.3, -0.25) is 0 Å². The SMILES string of the molecule is Brc1cccc2[nH]c3cc(-c4ccccc4)c4ccccc4c3c12. The molecule has 1 nitrogen and oxygen atoms in total. The molecule has 0 radical (unpaired) electrons. The first-order chi connectivity index (χ1) is 11.8. The molecule has 2 heteroatoms. The molecule has 114 valence electrons. The van der Waals surface area contributed by atoms with Gasteiger partial charge in [-0.15, -0.1) is 0 Å². The minimum atomic E-state index is 1.13. The van der Waals surface area contributed by atoms with Crippen LogP contribution in [-0.4, -0.2) is 4.98 Å². The summed E-state index contributed by atoms with van der Waals surface area (Å²) in [7, 11) is 0. The zero-order valence-electron chi connectivity index (χ0n) is 12.9. The summed E-state index contributed by atoms with van der Waals surface area (Å²) in [6, 6.07) is 27.9. The van der Waals surface area contributed by atoms with Crippen molar-refractivity contribution in [2.24, 2.45) is 0 Å². The summed E-state index contributed by atoms with van der Waals surface area (Å²) >= 11 is 3.73. The third kappa shape index (κ3) is 1.93. The molecule has 5 aromatic rings. The van der Waals surface area contributed by atoms with Crippen molar-refractivity contribution in [3.63, 3.8) is 0 Å². The van der Waals surface area contributed by atoms with Gasteiger partial charge in [-0.2, -0.15) is 0 Å². The zero-order chi connectivity index (χ0) is 16.1. The molecule has 0 amide bonds. The van der Waals surface area contributed by atoms with Gasteiger partial charge in [-0.25, -0.2) is 0 Å². The van der Waals surface area contributed by atoms with Crippen LogP contribution in [0.25, 0.3) is 43.7 Å². The lowest BCUT2D eigenvalue weighted by molar-refractivity contribution is 1.54. The molecule has 0 saturated heterocycles. The lowest BCUT2D eigenvalue weighted by Gasteiger charge is -2.09. The van der Waals surface area contributed by atoms with Crippen LogP contribution in [0.1, 0.15) is 0 Å². The quantitative estimate of drug-likeness (QED) is 0.329. The van der Waals surface area contributed by atoms with Crippen LogP contribution in [0.15, 0.2) is 83.3 Å². The van der Waals surface area contributed by atoms with Gasteiger partial charge in [-0.05, 0) is 40.1 Å². The van der Waals surface area contributed by atoms with Crippen molar-refractivity contribution >= 4 is 48.5 Å². The normalized spacial score (nSPS) is 11.5.